The molecule has 1 aromatic carbocycles. The number of aromatic amines is 1. The number of rotatable bonds is 2. The van der Waals surface area contributed by atoms with Gasteiger partial charge in [-0.25, -0.2) is 8.78 Å². The van der Waals surface area contributed by atoms with Crippen LogP contribution in [-0.2, 0) is 0 Å². The summed E-state index contributed by atoms with van der Waals surface area (Å²) in [6.07, 6.45) is 1.41. The van der Waals surface area contributed by atoms with Crippen LogP contribution in [0, 0.1) is 11.6 Å². The predicted octanol–water partition coefficient (Wildman–Crippen LogP) is 1.92. The number of halogens is 2. The predicted molar refractivity (Wildman–Crippen MR) is 48.4 cm³/mol. The summed E-state index contributed by atoms with van der Waals surface area (Å²) in [4.78, 5) is 11.6. The van der Waals surface area contributed by atoms with Crippen molar-refractivity contribution in [3.05, 3.63) is 53.4 Å². The summed E-state index contributed by atoms with van der Waals surface area (Å²) in [6.45, 7) is 0. The van der Waals surface area contributed by atoms with Crippen molar-refractivity contribution in [2.75, 3.05) is 0 Å². The lowest BCUT2D eigenvalue weighted by atomic mass is 10.1. The Hall–Kier alpha value is -2.04. The molecule has 15 heavy (non-hydrogen) atoms. The molecule has 0 amide bonds. The molecule has 0 unspecified atom stereocenters. The first-order chi connectivity index (χ1) is 7.18. The molecule has 0 saturated carbocycles. The number of ketones is 1. The van der Waals surface area contributed by atoms with Gasteiger partial charge >= 0.3 is 0 Å². The third-order valence-electron chi connectivity index (χ3n) is 1.93. The number of aromatic nitrogens is 2. The van der Waals surface area contributed by atoms with Crippen LogP contribution in [0.1, 0.15) is 16.1 Å². The number of benzene rings is 1. The maximum atomic E-state index is 12.8. The van der Waals surface area contributed by atoms with Gasteiger partial charge in [-0.15, -0.1) is 0 Å². The lowest BCUT2D eigenvalue weighted by Crippen LogP contribution is -2.03. The number of carbonyl (C=O) groups excluding carboxylic acids is 1. The topological polar surface area (TPSA) is 45.8 Å². The van der Waals surface area contributed by atoms with Crippen LogP contribution in [0.15, 0.2) is 30.5 Å². The highest BCUT2D eigenvalue weighted by Crippen LogP contribution is 2.11. The zero-order chi connectivity index (χ0) is 10.8. The summed E-state index contributed by atoms with van der Waals surface area (Å²) < 4.78 is 25.4. The largest absolute Gasteiger partial charge is 0.287 e. The molecule has 2 aromatic rings. The number of hydrogen-bond donors (Lipinski definition) is 1. The lowest BCUT2D eigenvalue weighted by molar-refractivity contribution is 0.103. The summed E-state index contributed by atoms with van der Waals surface area (Å²) in [5, 5.41) is 6.05. The molecular formula is C10H6F2N2O. The molecule has 0 radical (unpaired) electrons. The fourth-order valence-corrected chi connectivity index (χ4v) is 1.18. The minimum absolute atomic E-state index is 0.0816. The van der Waals surface area contributed by atoms with Crippen LogP contribution < -0.4 is 0 Å². The first kappa shape index (κ1) is 9.51. The van der Waals surface area contributed by atoms with E-state index in [0.717, 1.165) is 12.1 Å². The van der Waals surface area contributed by atoms with Gasteiger partial charge in [0.25, 0.3) is 0 Å². The zero-order valence-electron chi connectivity index (χ0n) is 7.50. The number of H-pyrrole nitrogens is 1. The van der Waals surface area contributed by atoms with Gasteiger partial charge in [0.1, 0.15) is 5.69 Å². The second-order valence-electron chi connectivity index (χ2n) is 2.93. The van der Waals surface area contributed by atoms with Crippen molar-refractivity contribution in [3.8, 4) is 0 Å². The maximum absolute atomic E-state index is 12.8. The third kappa shape index (κ3) is 1.76. The fourth-order valence-electron chi connectivity index (χ4n) is 1.18. The van der Waals surface area contributed by atoms with E-state index in [4.69, 9.17) is 0 Å². The Morgan fingerprint density at radius 1 is 1.20 bits per heavy atom. The Morgan fingerprint density at radius 2 is 2.00 bits per heavy atom. The zero-order valence-corrected chi connectivity index (χ0v) is 7.50. The van der Waals surface area contributed by atoms with Crippen molar-refractivity contribution < 1.29 is 13.6 Å². The summed E-state index contributed by atoms with van der Waals surface area (Å²) in [5.41, 5.74) is 0.319. The molecular weight excluding hydrogens is 202 g/mol. The van der Waals surface area contributed by atoms with Crippen molar-refractivity contribution in [2.45, 2.75) is 0 Å². The first-order valence-electron chi connectivity index (χ1n) is 4.17. The van der Waals surface area contributed by atoms with Gasteiger partial charge in [-0.05, 0) is 24.3 Å². The SMILES string of the molecule is O=C(c1ccc(F)c(F)c1)c1ccn[nH]1. The van der Waals surface area contributed by atoms with Gasteiger partial charge in [-0.2, -0.15) is 5.10 Å². The Balaban J connectivity index is 2.39. The Bertz CT molecular complexity index is 494. The van der Waals surface area contributed by atoms with Crippen LogP contribution in [-0.4, -0.2) is 16.0 Å². The van der Waals surface area contributed by atoms with Gasteiger partial charge in [0.05, 0.1) is 0 Å². The highest BCUT2D eigenvalue weighted by molar-refractivity contribution is 6.07. The van der Waals surface area contributed by atoms with Gasteiger partial charge < -0.3 is 0 Å². The number of carbonyl (C=O) groups is 1. The van der Waals surface area contributed by atoms with E-state index in [0.29, 0.717) is 0 Å². The van der Waals surface area contributed by atoms with Crippen LogP contribution in [0.25, 0.3) is 0 Å². The highest BCUT2D eigenvalue weighted by Gasteiger charge is 2.12. The Morgan fingerprint density at radius 3 is 2.60 bits per heavy atom. The second kappa shape index (κ2) is 3.61. The van der Waals surface area contributed by atoms with Gasteiger partial charge in [0.2, 0.25) is 5.78 Å². The Kier molecular flexibility index (Phi) is 2.29. The average Bonchev–Trinajstić information content (AvgIpc) is 2.74. The van der Waals surface area contributed by atoms with Crippen LogP contribution in [0.4, 0.5) is 8.78 Å². The normalized spacial score (nSPS) is 10.3. The smallest absolute Gasteiger partial charge is 0.210 e. The van der Waals surface area contributed by atoms with E-state index in [-0.39, 0.29) is 11.3 Å². The molecule has 1 heterocycles. The van der Waals surface area contributed by atoms with E-state index in [1.54, 1.807) is 0 Å². The minimum atomic E-state index is -1.04. The van der Waals surface area contributed by atoms with E-state index in [9.17, 15) is 13.6 Å². The molecule has 1 aromatic heterocycles. The van der Waals surface area contributed by atoms with Crippen molar-refractivity contribution in [1.82, 2.24) is 10.2 Å². The average molecular weight is 208 g/mol. The number of nitrogens with zero attached hydrogens (tertiary/aromatic N) is 1. The molecule has 2 rings (SSSR count). The van der Waals surface area contributed by atoms with Crippen LogP contribution in [0.2, 0.25) is 0 Å². The second-order valence-corrected chi connectivity index (χ2v) is 2.93. The molecule has 0 spiro atoms. The van der Waals surface area contributed by atoms with Crippen LogP contribution in [0.3, 0.4) is 0 Å². The molecule has 0 aliphatic carbocycles. The van der Waals surface area contributed by atoms with Crippen molar-refractivity contribution in [2.24, 2.45) is 0 Å². The van der Waals surface area contributed by atoms with Crippen molar-refractivity contribution >= 4 is 5.78 Å². The van der Waals surface area contributed by atoms with E-state index < -0.39 is 17.4 Å². The fraction of sp³-hybridized carbons (Fsp3) is 0. The minimum Gasteiger partial charge on any atom is -0.287 e. The van der Waals surface area contributed by atoms with Gasteiger partial charge in [0.15, 0.2) is 11.6 Å². The molecule has 0 bridgehead atoms. The lowest BCUT2D eigenvalue weighted by Gasteiger charge is -1.98. The Labute approximate surface area is 83.7 Å². The molecule has 1 N–H and O–H groups in total. The quantitative estimate of drug-likeness (QED) is 0.766. The van der Waals surface area contributed by atoms with Crippen molar-refractivity contribution in [1.29, 1.82) is 0 Å². The van der Waals surface area contributed by atoms with Crippen LogP contribution >= 0.6 is 0 Å². The first-order valence-corrected chi connectivity index (χ1v) is 4.17. The number of hydrogen-bond acceptors (Lipinski definition) is 2. The van der Waals surface area contributed by atoms with Crippen LogP contribution in [0.5, 0.6) is 0 Å². The molecule has 76 valence electrons. The molecule has 0 saturated heterocycles. The molecule has 3 nitrogen and oxygen atoms in total. The standard InChI is InChI=1S/C10H6F2N2O/c11-7-2-1-6(5-8(7)12)10(15)9-3-4-13-14-9/h1-5H,(H,13,14). The maximum Gasteiger partial charge on any atom is 0.210 e. The van der Waals surface area contributed by atoms with E-state index >= 15 is 0 Å². The van der Waals surface area contributed by atoms with Crippen molar-refractivity contribution in [3.63, 3.8) is 0 Å². The molecule has 0 aliphatic heterocycles. The van der Waals surface area contributed by atoms with Gasteiger partial charge in [0, 0.05) is 11.8 Å². The molecule has 0 fully saturated rings. The summed E-state index contributed by atoms with van der Waals surface area (Å²) in [5.74, 6) is -2.44. The van der Waals surface area contributed by atoms with E-state index in [1.807, 2.05) is 0 Å². The summed E-state index contributed by atoms with van der Waals surface area (Å²) in [7, 11) is 0. The van der Waals surface area contributed by atoms with Gasteiger partial charge in [-0.3, -0.25) is 9.89 Å². The molecule has 5 heteroatoms. The number of nitrogens with one attached hydrogen (secondary N) is 1. The van der Waals surface area contributed by atoms with E-state index in [1.165, 1.54) is 18.3 Å². The highest BCUT2D eigenvalue weighted by atomic mass is 19.2. The monoisotopic (exact) mass is 208 g/mol. The molecule has 0 atom stereocenters. The molecule has 0 aliphatic rings. The van der Waals surface area contributed by atoms with Gasteiger partial charge in [-0.1, -0.05) is 0 Å². The summed E-state index contributed by atoms with van der Waals surface area (Å²) in [6, 6.07) is 4.46. The summed E-state index contributed by atoms with van der Waals surface area (Å²) >= 11 is 0. The van der Waals surface area contributed by atoms with E-state index in [2.05, 4.69) is 10.2 Å². The third-order valence-corrected chi connectivity index (χ3v) is 1.93.